The van der Waals surface area contributed by atoms with Gasteiger partial charge in [-0.05, 0) is 39.0 Å². The van der Waals surface area contributed by atoms with Gasteiger partial charge >= 0.3 is 0 Å². The average Bonchev–Trinajstić information content (AvgIpc) is 3.13. The first-order valence-electron chi connectivity index (χ1n) is 8.12. The molecule has 0 bridgehead atoms. The number of hydrogen-bond acceptors (Lipinski definition) is 4. The Hall–Kier alpha value is -1.36. The Morgan fingerprint density at radius 2 is 2.33 bits per heavy atom. The number of hydrogen-bond donors (Lipinski definition) is 1. The second-order valence-corrected chi connectivity index (χ2v) is 6.68. The number of carbonyl (C=O) groups is 1. The fraction of sp³-hybridized carbons (Fsp3) is 0.750. The van der Waals surface area contributed by atoms with Gasteiger partial charge in [0.1, 0.15) is 5.76 Å². The van der Waals surface area contributed by atoms with E-state index in [0.717, 1.165) is 44.5 Å². The summed E-state index contributed by atoms with van der Waals surface area (Å²) in [4.78, 5) is 12.3. The molecule has 114 valence electrons. The van der Waals surface area contributed by atoms with Gasteiger partial charge in [0.2, 0.25) is 0 Å². The quantitative estimate of drug-likeness (QED) is 0.905. The molecule has 3 aliphatic carbocycles. The summed E-state index contributed by atoms with van der Waals surface area (Å²) in [6.45, 7) is 2.79. The van der Waals surface area contributed by atoms with E-state index < -0.39 is 0 Å². The first-order valence-corrected chi connectivity index (χ1v) is 8.12. The molecule has 1 aromatic rings. The molecule has 3 saturated carbocycles. The molecule has 0 radical (unpaired) electrons. The van der Waals surface area contributed by atoms with Crippen LogP contribution < -0.4 is 5.32 Å². The predicted octanol–water partition coefficient (Wildman–Crippen LogP) is 2.63. The topological polar surface area (TPSA) is 64.4 Å². The third kappa shape index (κ3) is 2.09. The van der Waals surface area contributed by atoms with Gasteiger partial charge in [-0.15, -0.1) is 0 Å². The minimum Gasteiger partial charge on any atom is -0.378 e. The van der Waals surface area contributed by atoms with Gasteiger partial charge in [0.05, 0.1) is 6.10 Å². The Morgan fingerprint density at radius 3 is 2.95 bits per heavy atom. The van der Waals surface area contributed by atoms with Gasteiger partial charge in [0, 0.05) is 30.0 Å². The lowest BCUT2D eigenvalue weighted by molar-refractivity contribution is -0.169. The second-order valence-electron chi connectivity index (χ2n) is 6.68. The maximum atomic E-state index is 12.3. The smallest absolute Gasteiger partial charge is 0.273 e. The molecule has 0 unspecified atom stereocenters. The van der Waals surface area contributed by atoms with E-state index in [0.29, 0.717) is 17.7 Å². The van der Waals surface area contributed by atoms with Crippen molar-refractivity contribution in [1.29, 1.82) is 0 Å². The lowest BCUT2D eigenvalue weighted by Gasteiger charge is -2.60. The van der Waals surface area contributed by atoms with E-state index >= 15 is 0 Å². The highest BCUT2D eigenvalue weighted by molar-refractivity contribution is 5.92. The van der Waals surface area contributed by atoms with Gasteiger partial charge in [-0.1, -0.05) is 11.6 Å². The predicted molar refractivity (Wildman–Crippen MR) is 76.0 cm³/mol. The molecule has 2 atom stereocenters. The van der Waals surface area contributed by atoms with Crippen LogP contribution in [-0.2, 0) is 4.74 Å². The van der Waals surface area contributed by atoms with Crippen LogP contribution in [0.1, 0.15) is 67.6 Å². The van der Waals surface area contributed by atoms with Crippen LogP contribution in [-0.4, -0.2) is 29.8 Å². The van der Waals surface area contributed by atoms with Crippen LogP contribution in [0.3, 0.4) is 0 Å². The van der Waals surface area contributed by atoms with Crippen molar-refractivity contribution in [3.63, 3.8) is 0 Å². The lowest BCUT2D eigenvalue weighted by atomic mass is 9.51. The Morgan fingerprint density at radius 1 is 1.52 bits per heavy atom. The molecule has 0 aromatic carbocycles. The number of ether oxygens (including phenoxy) is 1. The average molecular weight is 290 g/mol. The van der Waals surface area contributed by atoms with Gasteiger partial charge in [-0.2, -0.15) is 0 Å². The number of rotatable bonds is 5. The van der Waals surface area contributed by atoms with E-state index in [4.69, 9.17) is 9.26 Å². The molecule has 3 aliphatic rings. The van der Waals surface area contributed by atoms with Crippen LogP contribution >= 0.6 is 0 Å². The van der Waals surface area contributed by atoms with Crippen LogP contribution in [0.5, 0.6) is 0 Å². The molecule has 1 N–H and O–H groups in total. The van der Waals surface area contributed by atoms with Crippen molar-refractivity contribution < 1.29 is 14.1 Å². The van der Waals surface area contributed by atoms with Gasteiger partial charge in [0.15, 0.2) is 5.69 Å². The Labute approximate surface area is 124 Å². The Bertz CT molecular complexity index is 545. The molecule has 5 nitrogen and oxygen atoms in total. The molecule has 1 spiro atoms. The monoisotopic (exact) mass is 290 g/mol. The van der Waals surface area contributed by atoms with Crippen LogP contribution in [0.15, 0.2) is 10.6 Å². The van der Waals surface area contributed by atoms with E-state index in [1.54, 1.807) is 6.07 Å². The molecule has 1 amide bonds. The third-order valence-electron chi connectivity index (χ3n) is 5.48. The summed E-state index contributed by atoms with van der Waals surface area (Å²) in [5, 5.41) is 7.06. The second kappa shape index (κ2) is 4.83. The Kier molecular flexibility index (Phi) is 3.06. The standard InChI is InChI=1S/C16H22N2O3/c1-2-20-14-9-13(16(14)6-3-7-16)17-15(19)11-8-12(21-18-11)10-4-5-10/h8,10,13-14H,2-7,9H2,1H3,(H,17,19)/t13-,14+/m0/s1. The van der Waals surface area contributed by atoms with Gasteiger partial charge < -0.3 is 14.6 Å². The van der Waals surface area contributed by atoms with E-state index in [2.05, 4.69) is 10.5 Å². The van der Waals surface area contributed by atoms with Crippen molar-refractivity contribution >= 4 is 5.91 Å². The number of nitrogens with one attached hydrogen (secondary N) is 1. The molecule has 0 saturated heterocycles. The van der Waals surface area contributed by atoms with E-state index in [9.17, 15) is 4.79 Å². The fourth-order valence-electron chi connectivity index (χ4n) is 3.83. The maximum Gasteiger partial charge on any atom is 0.273 e. The van der Waals surface area contributed by atoms with Crippen LogP contribution in [0.2, 0.25) is 0 Å². The minimum absolute atomic E-state index is 0.100. The summed E-state index contributed by atoms with van der Waals surface area (Å²) < 4.78 is 11.1. The largest absolute Gasteiger partial charge is 0.378 e. The van der Waals surface area contributed by atoms with E-state index in [-0.39, 0.29) is 17.4 Å². The zero-order valence-electron chi connectivity index (χ0n) is 12.4. The SMILES string of the molecule is CCO[C@@H]1C[C@H](NC(=O)c2cc(C3CC3)on2)C12CCC2. The lowest BCUT2D eigenvalue weighted by Crippen LogP contribution is -2.67. The fourth-order valence-corrected chi connectivity index (χ4v) is 3.83. The normalized spacial score (nSPS) is 29.8. The number of amides is 1. The number of nitrogens with zero attached hydrogens (tertiary/aromatic N) is 1. The molecule has 0 aliphatic heterocycles. The van der Waals surface area contributed by atoms with Gasteiger partial charge in [0.25, 0.3) is 5.91 Å². The molecular weight excluding hydrogens is 268 g/mol. The van der Waals surface area contributed by atoms with Gasteiger partial charge in [-0.25, -0.2) is 0 Å². The van der Waals surface area contributed by atoms with E-state index in [1.807, 2.05) is 6.92 Å². The zero-order chi connectivity index (χ0) is 14.4. The third-order valence-corrected chi connectivity index (χ3v) is 5.48. The van der Waals surface area contributed by atoms with Crippen molar-refractivity contribution in [3.05, 3.63) is 17.5 Å². The maximum absolute atomic E-state index is 12.3. The minimum atomic E-state index is -0.100. The molecule has 4 rings (SSSR count). The first-order chi connectivity index (χ1) is 10.2. The highest BCUT2D eigenvalue weighted by Gasteiger charge is 2.59. The summed E-state index contributed by atoms with van der Waals surface area (Å²) in [6.07, 6.45) is 7.11. The number of carbonyl (C=O) groups excluding carboxylic acids is 1. The van der Waals surface area contributed by atoms with Crippen molar-refractivity contribution in [2.24, 2.45) is 5.41 Å². The van der Waals surface area contributed by atoms with Crippen LogP contribution in [0.4, 0.5) is 0 Å². The molecule has 21 heavy (non-hydrogen) atoms. The summed E-state index contributed by atoms with van der Waals surface area (Å²) in [7, 11) is 0. The highest BCUT2D eigenvalue weighted by atomic mass is 16.5. The zero-order valence-corrected chi connectivity index (χ0v) is 12.4. The van der Waals surface area contributed by atoms with Crippen LogP contribution in [0, 0.1) is 5.41 Å². The summed E-state index contributed by atoms with van der Waals surface area (Å²) >= 11 is 0. The summed E-state index contributed by atoms with van der Waals surface area (Å²) in [5.41, 5.74) is 0.612. The van der Waals surface area contributed by atoms with E-state index in [1.165, 1.54) is 6.42 Å². The Balaban J connectivity index is 1.40. The molecule has 3 fully saturated rings. The van der Waals surface area contributed by atoms with Gasteiger partial charge in [-0.3, -0.25) is 4.79 Å². The molecule has 1 heterocycles. The van der Waals surface area contributed by atoms with Crippen LogP contribution in [0.25, 0.3) is 0 Å². The first kappa shape index (κ1) is 13.3. The number of aromatic nitrogens is 1. The summed E-state index contributed by atoms with van der Waals surface area (Å²) in [6, 6.07) is 2.04. The molecule has 5 heteroatoms. The molecular formula is C16H22N2O3. The summed E-state index contributed by atoms with van der Waals surface area (Å²) in [5.74, 6) is 1.25. The van der Waals surface area contributed by atoms with Crippen molar-refractivity contribution in [3.8, 4) is 0 Å². The molecule has 1 aromatic heterocycles. The van der Waals surface area contributed by atoms with Crippen molar-refractivity contribution in [2.75, 3.05) is 6.61 Å². The van der Waals surface area contributed by atoms with Crippen molar-refractivity contribution in [1.82, 2.24) is 10.5 Å². The van der Waals surface area contributed by atoms with Crippen molar-refractivity contribution in [2.45, 2.75) is 63.5 Å². The highest BCUT2D eigenvalue weighted by Crippen LogP contribution is 2.57.